The number of nitrogens with two attached hydrogens (primary N) is 1. The standard InChI is InChI=1S/C10H19N3O2/c1-2-4-14-6-7-15-5-3-13-9-10(11)8-12-13/h8-9H,2-7,11H2,1H3. The highest BCUT2D eigenvalue weighted by molar-refractivity contribution is 5.30. The van der Waals surface area contributed by atoms with Crippen molar-refractivity contribution >= 4 is 5.69 Å². The molecule has 1 aromatic heterocycles. The minimum atomic E-state index is 0.636. The zero-order valence-corrected chi connectivity index (χ0v) is 9.19. The first-order chi connectivity index (χ1) is 7.33. The number of nitrogen functional groups attached to an aromatic ring is 1. The number of hydrogen-bond acceptors (Lipinski definition) is 4. The lowest BCUT2D eigenvalue weighted by Gasteiger charge is -2.04. The van der Waals surface area contributed by atoms with Crippen molar-refractivity contribution in [3.63, 3.8) is 0 Å². The molecule has 1 aromatic rings. The Morgan fingerprint density at radius 2 is 2.00 bits per heavy atom. The normalized spacial score (nSPS) is 10.7. The highest BCUT2D eigenvalue weighted by Gasteiger charge is 1.94. The molecule has 1 rings (SSSR count). The Bertz CT molecular complexity index is 263. The SMILES string of the molecule is CCCOCCOCCn1cc(N)cn1. The number of anilines is 1. The van der Waals surface area contributed by atoms with Crippen LogP contribution in [0.15, 0.2) is 12.4 Å². The van der Waals surface area contributed by atoms with Crippen LogP contribution in [-0.2, 0) is 16.0 Å². The van der Waals surface area contributed by atoms with E-state index in [2.05, 4.69) is 12.0 Å². The second kappa shape index (κ2) is 7.25. The van der Waals surface area contributed by atoms with E-state index in [4.69, 9.17) is 15.2 Å². The van der Waals surface area contributed by atoms with E-state index < -0.39 is 0 Å². The van der Waals surface area contributed by atoms with Gasteiger partial charge in [-0.2, -0.15) is 5.10 Å². The summed E-state index contributed by atoms with van der Waals surface area (Å²) in [5, 5.41) is 4.04. The summed E-state index contributed by atoms with van der Waals surface area (Å²) < 4.78 is 12.4. The lowest BCUT2D eigenvalue weighted by molar-refractivity contribution is 0.0442. The Kier molecular flexibility index (Phi) is 5.80. The monoisotopic (exact) mass is 213 g/mol. The van der Waals surface area contributed by atoms with Crippen LogP contribution >= 0.6 is 0 Å². The van der Waals surface area contributed by atoms with Crippen LogP contribution in [0.3, 0.4) is 0 Å². The van der Waals surface area contributed by atoms with E-state index in [1.165, 1.54) is 0 Å². The van der Waals surface area contributed by atoms with E-state index in [9.17, 15) is 0 Å². The van der Waals surface area contributed by atoms with Gasteiger partial charge in [-0.1, -0.05) is 6.92 Å². The van der Waals surface area contributed by atoms with E-state index >= 15 is 0 Å². The van der Waals surface area contributed by atoms with Crippen LogP contribution in [0, 0.1) is 0 Å². The van der Waals surface area contributed by atoms with Gasteiger partial charge in [0.2, 0.25) is 0 Å². The third-order valence-electron chi connectivity index (χ3n) is 1.84. The summed E-state index contributed by atoms with van der Waals surface area (Å²) in [5.41, 5.74) is 6.20. The third kappa shape index (κ3) is 5.39. The summed E-state index contributed by atoms with van der Waals surface area (Å²) in [6.45, 7) is 5.55. The van der Waals surface area contributed by atoms with Crippen molar-refractivity contribution < 1.29 is 9.47 Å². The maximum atomic E-state index is 5.52. The molecule has 0 aliphatic carbocycles. The zero-order valence-electron chi connectivity index (χ0n) is 9.19. The molecule has 2 N–H and O–H groups in total. The number of rotatable bonds is 8. The van der Waals surface area contributed by atoms with E-state index in [0.717, 1.165) is 19.6 Å². The predicted octanol–water partition coefficient (Wildman–Crippen LogP) is 0.908. The van der Waals surface area contributed by atoms with Crippen LogP contribution < -0.4 is 5.73 Å². The van der Waals surface area contributed by atoms with Gasteiger partial charge in [0.1, 0.15) is 0 Å². The van der Waals surface area contributed by atoms with Gasteiger partial charge >= 0.3 is 0 Å². The van der Waals surface area contributed by atoms with Gasteiger partial charge in [0.15, 0.2) is 0 Å². The maximum absolute atomic E-state index is 5.52. The molecule has 0 amide bonds. The van der Waals surface area contributed by atoms with Crippen molar-refractivity contribution in [3.05, 3.63) is 12.4 Å². The van der Waals surface area contributed by atoms with Gasteiger partial charge in [-0.25, -0.2) is 0 Å². The molecule has 0 atom stereocenters. The van der Waals surface area contributed by atoms with Crippen molar-refractivity contribution in [2.75, 3.05) is 32.2 Å². The molecule has 5 heteroatoms. The van der Waals surface area contributed by atoms with Crippen molar-refractivity contribution in [3.8, 4) is 0 Å². The molecule has 0 radical (unpaired) electrons. The summed E-state index contributed by atoms with van der Waals surface area (Å²) in [6.07, 6.45) is 4.47. The minimum Gasteiger partial charge on any atom is -0.396 e. The fraction of sp³-hybridized carbons (Fsp3) is 0.700. The number of ether oxygens (including phenoxy) is 2. The van der Waals surface area contributed by atoms with Gasteiger partial charge in [0, 0.05) is 12.8 Å². The molecule has 1 heterocycles. The van der Waals surface area contributed by atoms with Crippen LogP contribution in [0.2, 0.25) is 0 Å². The molecule has 0 aromatic carbocycles. The van der Waals surface area contributed by atoms with Gasteiger partial charge in [0.05, 0.1) is 38.2 Å². The van der Waals surface area contributed by atoms with Gasteiger partial charge in [-0.3, -0.25) is 4.68 Å². The summed E-state index contributed by atoms with van der Waals surface area (Å²) >= 11 is 0. The van der Waals surface area contributed by atoms with Crippen molar-refractivity contribution in [1.82, 2.24) is 9.78 Å². The lowest BCUT2D eigenvalue weighted by atomic mass is 10.5. The highest BCUT2D eigenvalue weighted by atomic mass is 16.5. The van der Waals surface area contributed by atoms with Crippen LogP contribution in [-0.4, -0.2) is 36.2 Å². The fourth-order valence-electron chi connectivity index (χ4n) is 1.13. The summed E-state index contributed by atoms with van der Waals surface area (Å²) in [7, 11) is 0. The molecule has 0 bridgehead atoms. The minimum absolute atomic E-state index is 0.636. The molecule has 5 nitrogen and oxygen atoms in total. The maximum Gasteiger partial charge on any atom is 0.0719 e. The number of aromatic nitrogens is 2. The highest BCUT2D eigenvalue weighted by Crippen LogP contribution is 1.97. The van der Waals surface area contributed by atoms with Gasteiger partial charge in [-0.05, 0) is 6.42 Å². The van der Waals surface area contributed by atoms with Gasteiger partial charge in [0.25, 0.3) is 0 Å². The number of hydrogen-bond donors (Lipinski definition) is 1. The topological polar surface area (TPSA) is 62.3 Å². The Hall–Kier alpha value is -1.07. The van der Waals surface area contributed by atoms with E-state index in [-0.39, 0.29) is 0 Å². The molecule has 86 valence electrons. The molecule has 0 fully saturated rings. The Balaban J connectivity index is 1.93. The molecule has 0 saturated carbocycles. The third-order valence-corrected chi connectivity index (χ3v) is 1.84. The second-order valence-electron chi connectivity index (χ2n) is 3.26. The van der Waals surface area contributed by atoms with Crippen molar-refractivity contribution in [1.29, 1.82) is 0 Å². The zero-order chi connectivity index (χ0) is 10.9. The molecule has 0 spiro atoms. The molecular weight excluding hydrogens is 194 g/mol. The number of nitrogens with zero attached hydrogens (tertiary/aromatic N) is 2. The first-order valence-electron chi connectivity index (χ1n) is 5.26. The molecule has 0 saturated heterocycles. The molecule has 0 unspecified atom stereocenters. The summed E-state index contributed by atoms with van der Waals surface area (Å²) in [6, 6.07) is 0. The van der Waals surface area contributed by atoms with Crippen LogP contribution in [0.25, 0.3) is 0 Å². The van der Waals surface area contributed by atoms with Gasteiger partial charge in [-0.15, -0.1) is 0 Å². The molecular formula is C10H19N3O2. The van der Waals surface area contributed by atoms with E-state index in [1.807, 2.05) is 0 Å². The molecule has 0 aliphatic rings. The van der Waals surface area contributed by atoms with Crippen LogP contribution in [0.4, 0.5) is 5.69 Å². The molecule has 15 heavy (non-hydrogen) atoms. The van der Waals surface area contributed by atoms with E-state index in [1.54, 1.807) is 17.1 Å². The average molecular weight is 213 g/mol. The first kappa shape index (κ1) is 12.0. The quantitative estimate of drug-likeness (QED) is 0.652. The van der Waals surface area contributed by atoms with Crippen LogP contribution in [0.1, 0.15) is 13.3 Å². The second-order valence-corrected chi connectivity index (χ2v) is 3.26. The predicted molar refractivity (Wildman–Crippen MR) is 58.6 cm³/mol. The first-order valence-corrected chi connectivity index (χ1v) is 5.26. The summed E-state index contributed by atoms with van der Waals surface area (Å²) in [4.78, 5) is 0. The smallest absolute Gasteiger partial charge is 0.0719 e. The Labute approximate surface area is 90.2 Å². The Morgan fingerprint density at radius 3 is 2.60 bits per heavy atom. The van der Waals surface area contributed by atoms with E-state index in [0.29, 0.717) is 25.5 Å². The fourth-order valence-corrected chi connectivity index (χ4v) is 1.13. The van der Waals surface area contributed by atoms with Crippen molar-refractivity contribution in [2.24, 2.45) is 0 Å². The largest absolute Gasteiger partial charge is 0.396 e. The van der Waals surface area contributed by atoms with Gasteiger partial charge < -0.3 is 15.2 Å². The van der Waals surface area contributed by atoms with Crippen LogP contribution in [0.5, 0.6) is 0 Å². The van der Waals surface area contributed by atoms with Crippen molar-refractivity contribution in [2.45, 2.75) is 19.9 Å². The Morgan fingerprint density at radius 1 is 1.27 bits per heavy atom. The average Bonchev–Trinajstić information content (AvgIpc) is 2.63. The lowest BCUT2D eigenvalue weighted by Crippen LogP contribution is -2.10. The molecule has 0 aliphatic heterocycles. The summed E-state index contributed by atoms with van der Waals surface area (Å²) in [5.74, 6) is 0.